The van der Waals surface area contributed by atoms with Crippen LogP contribution in [0.1, 0.15) is 0 Å². The highest BCUT2D eigenvalue weighted by Crippen LogP contribution is 2.28. The molecule has 0 saturated carbocycles. The lowest BCUT2D eigenvalue weighted by Gasteiger charge is -2.05. The van der Waals surface area contributed by atoms with E-state index in [1.165, 1.54) is 12.1 Å². The van der Waals surface area contributed by atoms with E-state index in [1.807, 2.05) is 0 Å². The number of benzene rings is 1. The van der Waals surface area contributed by atoms with Gasteiger partial charge in [-0.05, 0) is 28.1 Å². The summed E-state index contributed by atoms with van der Waals surface area (Å²) in [6, 6.07) is 3.85. The number of nitrogens with one attached hydrogen (secondary N) is 1. The zero-order valence-corrected chi connectivity index (χ0v) is 8.98. The Hall–Kier alpha value is -1.27. The monoisotopic (exact) mass is 273 g/mol. The van der Waals surface area contributed by atoms with Gasteiger partial charge >= 0.3 is 0 Å². The van der Waals surface area contributed by atoms with Crippen LogP contribution in [0.5, 0.6) is 0 Å². The zero-order chi connectivity index (χ0) is 11.0. The van der Waals surface area contributed by atoms with Gasteiger partial charge in [-0.2, -0.15) is 0 Å². The molecule has 0 aliphatic carbocycles. The van der Waals surface area contributed by atoms with E-state index in [0.29, 0.717) is 11.2 Å². The van der Waals surface area contributed by atoms with Crippen LogP contribution in [0.3, 0.4) is 0 Å². The molecule has 1 aromatic carbocycles. The van der Waals surface area contributed by atoms with E-state index in [-0.39, 0.29) is 9.99 Å². The maximum atomic E-state index is 13.4. The molecule has 0 aliphatic rings. The van der Waals surface area contributed by atoms with E-state index < -0.39 is 11.6 Å². The number of hydrogen-bond donors (Lipinski definition) is 2. The molecule has 15 heavy (non-hydrogen) atoms. The molecule has 2 rings (SSSR count). The zero-order valence-electron chi connectivity index (χ0n) is 7.39. The van der Waals surface area contributed by atoms with Crippen LogP contribution in [0.25, 0.3) is 10.9 Å². The average molecular weight is 274 g/mol. The molecule has 3 nitrogen and oxygen atoms in total. The quantitative estimate of drug-likeness (QED) is 0.477. The fraction of sp³-hybridized carbons (Fsp3) is 0. The second kappa shape index (κ2) is 3.71. The molecular weight excluding hydrogens is 268 g/mol. The van der Waals surface area contributed by atoms with Crippen molar-refractivity contribution in [3.63, 3.8) is 0 Å². The van der Waals surface area contributed by atoms with Gasteiger partial charge in [-0.25, -0.2) is 19.6 Å². The second-order valence-corrected chi connectivity index (χ2v) is 3.68. The van der Waals surface area contributed by atoms with E-state index >= 15 is 0 Å². The number of nitrogens with zero attached hydrogens (tertiary/aromatic N) is 1. The summed E-state index contributed by atoms with van der Waals surface area (Å²) >= 11 is 3.03. The second-order valence-electron chi connectivity index (χ2n) is 2.89. The third-order valence-corrected chi connectivity index (χ3v) is 2.77. The van der Waals surface area contributed by atoms with Gasteiger partial charge < -0.3 is 5.43 Å². The summed E-state index contributed by atoms with van der Waals surface area (Å²) in [5.74, 6) is 4.08. The molecule has 0 spiro atoms. The minimum absolute atomic E-state index is 0.0683. The summed E-state index contributed by atoms with van der Waals surface area (Å²) < 4.78 is 26.7. The van der Waals surface area contributed by atoms with Crippen LogP contribution in [0.4, 0.5) is 14.6 Å². The van der Waals surface area contributed by atoms with E-state index in [2.05, 4.69) is 26.3 Å². The minimum Gasteiger partial charge on any atom is -0.308 e. The van der Waals surface area contributed by atoms with Crippen molar-refractivity contribution in [1.82, 2.24) is 4.98 Å². The molecule has 0 radical (unpaired) electrons. The Morgan fingerprint density at radius 1 is 1.27 bits per heavy atom. The first-order chi connectivity index (χ1) is 7.13. The standard InChI is InChI=1S/C9H6BrF2N3/c10-8-4-1-2-7(15-13)14-9(4)6(12)3-5(8)11/h1-3H,13H2,(H,14,15). The van der Waals surface area contributed by atoms with Crippen molar-refractivity contribution in [2.45, 2.75) is 0 Å². The SMILES string of the molecule is NNc1ccc2c(Br)c(F)cc(F)c2n1. The Bertz CT molecular complexity index is 530. The maximum Gasteiger partial charge on any atom is 0.152 e. The number of nitrogens with two attached hydrogens (primary N) is 1. The van der Waals surface area contributed by atoms with Gasteiger partial charge in [0.2, 0.25) is 0 Å². The molecule has 2 aromatic rings. The summed E-state index contributed by atoms with van der Waals surface area (Å²) in [6.45, 7) is 0. The predicted octanol–water partition coefficient (Wildman–Crippen LogP) is 2.56. The molecule has 0 unspecified atom stereocenters. The van der Waals surface area contributed by atoms with Crippen LogP contribution in [0.2, 0.25) is 0 Å². The third kappa shape index (κ3) is 1.66. The summed E-state index contributed by atoms with van der Waals surface area (Å²) in [6.07, 6.45) is 0. The highest BCUT2D eigenvalue weighted by atomic mass is 79.9. The Labute approximate surface area is 92.4 Å². The summed E-state index contributed by atoms with van der Waals surface area (Å²) in [4.78, 5) is 3.89. The summed E-state index contributed by atoms with van der Waals surface area (Å²) in [5.41, 5.74) is 2.36. The number of nitrogen functional groups attached to an aromatic ring is 1. The smallest absolute Gasteiger partial charge is 0.152 e. The number of hydrogen-bond acceptors (Lipinski definition) is 3. The molecule has 78 valence electrons. The van der Waals surface area contributed by atoms with E-state index in [1.54, 1.807) is 0 Å². The van der Waals surface area contributed by atoms with Crippen LogP contribution in [-0.4, -0.2) is 4.98 Å². The highest BCUT2D eigenvalue weighted by molar-refractivity contribution is 9.10. The van der Waals surface area contributed by atoms with Gasteiger partial charge in [0.25, 0.3) is 0 Å². The Morgan fingerprint density at radius 2 is 2.00 bits per heavy atom. The normalized spacial score (nSPS) is 10.7. The largest absolute Gasteiger partial charge is 0.308 e. The van der Waals surface area contributed by atoms with Crippen LogP contribution >= 0.6 is 15.9 Å². The molecular formula is C9H6BrF2N3. The Morgan fingerprint density at radius 3 is 2.67 bits per heavy atom. The van der Waals surface area contributed by atoms with Gasteiger partial charge in [-0.15, -0.1) is 0 Å². The van der Waals surface area contributed by atoms with Crippen molar-refractivity contribution >= 4 is 32.7 Å². The number of pyridine rings is 1. The highest BCUT2D eigenvalue weighted by Gasteiger charge is 2.11. The van der Waals surface area contributed by atoms with Crippen molar-refractivity contribution in [2.75, 3.05) is 5.43 Å². The molecule has 0 saturated heterocycles. The third-order valence-electron chi connectivity index (χ3n) is 1.97. The average Bonchev–Trinajstić information content (AvgIpc) is 2.25. The fourth-order valence-electron chi connectivity index (χ4n) is 1.27. The van der Waals surface area contributed by atoms with Gasteiger partial charge in [0.15, 0.2) is 5.82 Å². The van der Waals surface area contributed by atoms with Crippen molar-refractivity contribution in [3.05, 3.63) is 34.3 Å². The number of fused-ring (bicyclic) bond motifs is 1. The van der Waals surface area contributed by atoms with Crippen LogP contribution in [0, 0.1) is 11.6 Å². The molecule has 1 aromatic heterocycles. The van der Waals surface area contributed by atoms with Gasteiger partial charge in [-0.3, -0.25) is 0 Å². The van der Waals surface area contributed by atoms with Crippen molar-refractivity contribution < 1.29 is 8.78 Å². The van der Waals surface area contributed by atoms with E-state index in [0.717, 1.165) is 6.07 Å². The number of anilines is 1. The summed E-state index contributed by atoms with van der Waals surface area (Å²) in [5, 5.41) is 0.367. The Kier molecular flexibility index (Phi) is 2.54. The number of hydrazine groups is 1. The molecule has 0 bridgehead atoms. The first-order valence-corrected chi connectivity index (χ1v) is 4.83. The molecule has 0 atom stereocenters. The van der Waals surface area contributed by atoms with Crippen molar-refractivity contribution in [2.24, 2.45) is 5.84 Å². The van der Waals surface area contributed by atoms with Crippen LogP contribution in [0.15, 0.2) is 22.7 Å². The Balaban J connectivity index is 2.84. The molecule has 1 heterocycles. The molecule has 0 aliphatic heterocycles. The lowest BCUT2D eigenvalue weighted by atomic mass is 10.2. The molecule has 0 amide bonds. The van der Waals surface area contributed by atoms with Gasteiger partial charge in [0, 0.05) is 11.5 Å². The van der Waals surface area contributed by atoms with E-state index in [9.17, 15) is 8.78 Å². The molecule has 3 N–H and O–H groups in total. The van der Waals surface area contributed by atoms with Gasteiger partial charge in [-0.1, -0.05) is 0 Å². The van der Waals surface area contributed by atoms with Crippen LogP contribution in [-0.2, 0) is 0 Å². The maximum absolute atomic E-state index is 13.4. The van der Waals surface area contributed by atoms with Crippen molar-refractivity contribution in [1.29, 1.82) is 0 Å². The first kappa shape index (κ1) is 10.3. The molecule has 6 heteroatoms. The first-order valence-electron chi connectivity index (χ1n) is 4.04. The van der Waals surface area contributed by atoms with E-state index in [4.69, 9.17) is 5.84 Å². The van der Waals surface area contributed by atoms with Crippen LogP contribution < -0.4 is 11.3 Å². The number of aromatic nitrogens is 1. The number of rotatable bonds is 1. The van der Waals surface area contributed by atoms with Gasteiger partial charge in [0.05, 0.1) is 4.47 Å². The lowest BCUT2D eigenvalue weighted by Crippen LogP contribution is -2.08. The fourth-order valence-corrected chi connectivity index (χ4v) is 1.70. The topological polar surface area (TPSA) is 50.9 Å². The predicted molar refractivity (Wildman–Crippen MR) is 57.2 cm³/mol. The molecule has 0 fully saturated rings. The van der Waals surface area contributed by atoms with Crippen molar-refractivity contribution in [3.8, 4) is 0 Å². The van der Waals surface area contributed by atoms with Gasteiger partial charge in [0.1, 0.15) is 17.2 Å². The number of halogens is 3. The lowest BCUT2D eigenvalue weighted by molar-refractivity contribution is 0.586. The minimum atomic E-state index is -0.720. The summed E-state index contributed by atoms with van der Waals surface area (Å²) in [7, 11) is 0.